The lowest BCUT2D eigenvalue weighted by Crippen LogP contribution is -2.23. The summed E-state index contributed by atoms with van der Waals surface area (Å²) in [6.07, 6.45) is 0.787. The minimum Gasteiger partial charge on any atom is -0.310 e. The van der Waals surface area contributed by atoms with Gasteiger partial charge in [0, 0.05) is 21.1 Å². The van der Waals surface area contributed by atoms with Gasteiger partial charge in [-0.05, 0) is 42.3 Å². The van der Waals surface area contributed by atoms with Crippen molar-refractivity contribution < 1.29 is 0 Å². The molecule has 0 bridgehead atoms. The number of nitrogens with one attached hydrogen (secondary N) is 1. The highest BCUT2D eigenvalue weighted by Gasteiger charge is 2.16. The van der Waals surface area contributed by atoms with E-state index in [9.17, 15) is 0 Å². The van der Waals surface area contributed by atoms with Crippen molar-refractivity contribution in [3.63, 3.8) is 0 Å². The molecule has 0 aromatic heterocycles. The molecular weight excluding hydrogens is 313 g/mol. The summed E-state index contributed by atoms with van der Waals surface area (Å²) in [5.41, 5.74) is 2.14. The van der Waals surface area contributed by atoms with Crippen LogP contribution in [0.5, 0.6) is 0 Å². The molecule has 1 atom stereocenters. The normalized spacial score (nSPS) is 12.4. The monoisotopic (exact) mass is 327 g/mol. The number of benzene rings is 2. The third kappa shape index (κ3) is 3.89. The highest BCUT2D eigenvalue weighted by molar-refractivity contribution is 6.35. The Hall–Kier alpha value is -0.730. The van der Waals surface area contributed by atoms with Crippen molar-refractivity contribution in [2.45, 2.75) is 19.4 Å². The molecule has 0 amide bonds. The van der Waals surface area contributed by atoms with Gasteiger partial charge in [-0.25, -0.2) is 0 Å². The van der Waals surface area contributed by atoms with Crippen LogP contribution in [-0.2, 0) is 6.42 Å². The summed E-state index contributed by atoms with van der Waals surface area (Å²) in [5, 5.41) is 5.55. The smallest absolute Gasteiger partial charge is 0.0468 e. The highest BCUT2D eigenvalue weighted by Crippen LogP contribution is 2.30. The van der Waals surface area contributed by atoms with Crippen LogP contribution in [-0.4, -0.2) is 6.54 Å². The standard InChI is InChI=1S/C16H16Cl3N/c1-2-20-16(9-11-5-3-4-6-14(11)18)13-8-7-12(17)10-15(13)19/h3-8,10,16,20H,2,9H2,1H3. The number of likely N-dealkylation sites (N-methyl/N-ethyl adjacent to an activating group) is 1. The van der Waals surface area contributed by atoms with Crippen LogP contribution >= 0.6 is 34.8 Å². The summed E-state index contributed by atoms with van der Waals surface area (Å²) in [5.74, 6) is 0. The predicted octanol–water partition coefficient (Wildman–Crippen LogP) is 5.54. The Morgan fingerprint density at radius 1 is 1.00 bits per heavy atom. The van der Waals surface area contributed by atoms with Gasteiger partial charge in [0.05, 0.1) is 0 Å². The molecule has 2 rings (SSSR count). The molecule has 0 aliphatic carbocycles. The van der Waals surface area contributed by atoms with E-state index in [4.69, 9.17) is 34.8 Å². The van der Waals surface area contributed by atoms with Crippen molar-refractivity contribution in [2.75, 3.05) is 6.54 Å². The molecule has 1 nitrogen and oxygen atoms in total. The second-order valence-corrected chi connectivity index (χ2v) is 5.82. The maximum Gasteiger partial charge on any atom is 0.0468 e. The van der Waals surface area contributed by atoms with Gasteiger partial charge in [-0.2, -0.15) is 0 Å². The zero-order chi connectivity index (χ0) is 14.5. The second kappa shape index (κ2) is 7.33. The molecule has 0 fully saturated rings. The van der Waals surface area contributed by atoms with Gasteiger partial charge in [0.25, 0.3) is 0 Å². The van der Waals surface area contributed by atoms with E-state index in [1.54, 1.807) is 6.07 Å². The lowest BCUT2D eigenvalue weighted by atomic mass is 9.98. The first kappa shape index (κ1) is 15.7. The molecule has 1 unspecified atom stereocenters. The fourth-order valence-electron chi connectivity index (χ4n) is 2.21. The Balaban J connectivity index is 2.29. The zero-order valence-corrected chi connectivity index (χ0v) is 13.4. The number of halogens is 3. The summed E-state index contributed by atoms with van der Waals surface area (Å²) in [4.78, 5) is 0. The van der Waals surface area contributed by atoms with E-state index in [0.717, 1.165) is 29.1 Å². The van der Waals surface area contributed by atoms with E-state index < -0.39 is 0 Å². The van der Waals surface area contributed by atoms with E-state index >= 15 is 0 Å². The molecular formula is C16H16Cl3N. The molecule has 0 spiro atoms. The molecule has 20 heavy (non-hydrogen) atoms. The molecule has 106 valence electrons. The molecule has 2 aromatic rings. The summed E-state index contributed by atoms with van der Waals surface area (Å²) in [6, 6.07) is 13.6. The molecule has 0 radical (unpaired) electrons. The van der Waals surface area contributed by atoms with Gasteiger partial charge in [-0.1, -0.05) is 66.0 Å². The molecule has 0 saturated heterocycles. The quantitative estimate of drug-likeness (QED) is 0.760. The van der Waals surface area contributed by atoms with Crippen LogP contribution in [0.4, 0.5) is 0 Å². The van der Waals surface area contributed by atoms with Gasteiger partial charge < -0.3 is 5.32 Å². The average molecular weight is 329 g/mol. The Labute approximate surface area is 134 Å². The van der Waals surface area contributed by atoms with Crippen LogP contribution in [0.1, 0.15) is 24.1 Å². The topological polar surface area (TPSA) is 12.0 Å². The predicted molar refractivity (Wildman–Crippen MR) is 88.0 cm³/mol. The molecule has 2 aromatic carbocycles. The highest BCUT2D eigenvalue weighted by atomic mass is 35.5. The van der Waals surface area contributed by atoms with Crippen LogP contribution in [0.2, 0.25) is 15.1 Å². The maximum absolute atomic E-state index is 6.31. The van der Waals surface area contributed by atoms with Crippen molar-refractivity contribution >= 4 is 34.8 Å². The van der Waals surface area contributed by atoms with Gasteiger partial charge in [-0.3, -0.25) is 0 Å². The molecule has 1 N–H and O–H groups in total. The van der Waals surface area contributed by atoms with E-state index in [2.05, 4.69) is 12.2 Å². The first-order valence-electron chi connectivity index (χ1n) is 6.53. The summed E-state index contributed by atoms with van der Waals surface area (Å²) < 4.78 is 0. The Morgan fingerprint density at radius 2 is 1.75 bits per heavy atom. The van der Waals surface area contributed by atoms with Gasteiger partial charge in [0.1, 0.15) is 0 Å². The fraction of sp³-hybridized carbons (Fsp3) is 0.250. The summed E-state index contributed by atoms with van der Waals surface area (Å²) >= 11 is 18.5. The van der Waals surface area contributed by atoms with Crippen molar-refractivity contribution in [3.05, 3.63) is 68.7 Å². The van der Waals surface area contributed by atoms with Gasteiger partial charge in [0.2, 0.25) is 0 Å². The molecule has 0 saturated carbocycles. The van der Waals surface area contributed by atoms with E-state index in [-0.39, 0.29) is 6.04 Å². The van der Waals surface area contributed by atoms with Crippen LogP contribution in [0.15, 0.2) is 42.5 Å². The number of hydrogen-bond donors (Lipinski definition) is 1. The molecule has 0 aliphatic heterocycles. The van der Waals surface area contributed by atoms with Crippen molar-refractivity contribution in [3.8, 4) is 0 Å². The maximum atomic E-state index is 6.31. The number of hydrogen-bond acceptors (Lipinski definition) is 1. The van der Waals surface area contributed by atoms with Crippen molar-refractivity contribution in [2.24, 2.45) is 0 Å². The Kier molecular flexibility index (Phi) is 5.74. The van der Waals surface area contributed by atoms with Gasteiger partial charge in [-0.15, -0.1) is 0 Å². The third-order valence-electron chi connectivity index (χ3n) is 3.17. The number of rotatable bonds is 5. The molecule has 0 aliphatic rings. The van der Waals surface area contributed by atoms with Crippen molar-refractivity contribution in [1.29, 1.82) is 0 Å². The van der Waals surface area contributed by atoms with E-state index in [1.807, 2.05) is 36.4 Å². The Bertz CT molecular complexity index is 584. The second-order valence-electron chi connectivity index (χ2n) is 4.57. The third-order valence-corrected chi connectivity index (χ3v) is 4.10. The van der Waals surface area contributed by atoms with Crippen molar-refractivity contribution in [1.82, 2.24) is 5.32 Å². The first-order valence-corrected chi connectivity index (χ1v) is 7.67. The summed E-state index contributed by atoms with van der Waals surface area (Å²) in [7, 11) is 0. The Morgan fingerprint density at radius 3 is 2.40 bits per heavy atom. The summed E-state index contributed by atoms with van der Waals surface area (Å²) in [6.45, 7) is 2.93. The lowest BCUT2D eigenvalue weighted by Gasteiger charge is -2.20. The fourth-order valence-corrected chi connectivity index (χ4v) is 2.96. The van der Waals surface area contributed by atoms with Crippen LogP contribution in [0.3, 0.4) is 0 Å². The van der Waals surface area contributed by atoms with E-state index in [0.29, 0.717) is 10.0 Å². The lowest BCUT2D eigenvalue weighted by molar-refractivity contribution is 0.550. The van der Waals surface area contributed by atoms with E-state index in [1.165, 1.54) is 0 Å². The van der Waals surface area contributed by atoms with Crippen LogP contribution in [0, 0.1) is 0 Å². The van der Waals surface area contributed by atoms with Crippen LogP contribution in [0.25, 0.3) is 0 Å². The minimum absolute atomic E-state index is 0.115. The largest absolute Gasteiger partial charge is 0.310 e. The zero-order valence-electron chi connectivity index (χ0n) is 11.2. The molecule has 4 heteroatoms. The van der Waals surface area contributed by atoms with Gasteiger partial charge >= 0.3 is 0 Å². The van der Waals surface area contributed by atoms with Crippen LogP contribution < -0.4 is 5.32 Å². The average Bonchev–Trinajstić information content (AvgIpc) is 2.41. The first-order chi connectivity index (χ1) is 9.61. The molecule has 0 heterocycles. The minimum atomic E-state index is 0.115. The van der Waals surface area contributed by atoms with Gasteiger partial charge in [0.15, 0.2) is 0 Å². The SMILES string of the molecule is CCNC(Cc1ccccc1Cl)c1ccc(Cl)cc1Cl.